The molecule has 4 nitrogen and oxygen atoms in total. The van der Waals surface area contributed by atoms with E-state index in [0.29, 0.717) is 5.82 Å². The Bertz CT molecular complexity index is 967. The molecule has 0 saturated carbocycles. The summed E-state index contributed by atoms with van der Waals surface area (Å²) in [6.07, 6.45) is 1.21. The Morgan fingerprint density at radius 2 is 1.95 bits per heavy atom. The molecule has 4 aromatic rings. The maximum absolute atomic E-state index is 9.65. The van der Waals surface area contributed by atoms with Crippen molar-refractivity contribution in [3.05, 3.63) is 60.6 Å². The number of fused-ring (bicyclic) bond motifs is 2. The van der Waals surface area contributed by atoms with Gasteiger partial charge < -0.3 is 10.1 Å². The van der Waals surface area contributed by atoms with Crippen LogP contribution in [0.3, 0.4) is 0 Å². The number of pyridine rings is 1. The van der Waals surface area contributed by atoms with Crippen molar-refractivity contribution in [3.63, 3.8) is 0 Å². The highest BCUT2D eigenvalue weighted by Gasteiger charge is 2.10. The lowest BCUT2D eigenvalue weighted by molar-refractivity contribution is 0.190. The average molecular weight is 289 g/mol. The van der Waals surface area contributed by atoms with Gasteiger partial charge in [0.25, 0.3) is 0 Å². The Morgan fingerprint density at radius 3 is 2.82 bits per heavy atom. The fourth-order valence-corrected chi connectivity index (χ4v) is 2.73. The molecule has 0 aliphatic rings. The second-order valence-electron chi connectivity index (χ2n) is 5.41. The van der Waals surface area contributed by atoms with Gasteiger partial charge in [0.15, 0.2) is 0 Å². The van der Waals surface area contributed by atoms with Gasteiger partial charge in [-0.05, 0) is 30.7 Å². The zero-order valence-electron chi connectivity index (χ0n) is 12.1. The molecule has 4 rings (SSSR count). The highest BCUT2D eigenvalue weighted by Crippen LogP contribution is 2.29. The van der Waals surface area contributed by atoms with E-state index in [0.717, 1.165) is 33.1 Å². The number of aliphatic hydroxyl groups is 1. The second-order valence-corrected chi connectivity index (χ2v) is 5.41. The highest BCUT2D eigenvalue weighted by molar-refractivity contribution is 5.95. The number of benzene rings is 2. The monoisotopic (exact) mass is 289 g/mol. The van der Waals surface area contributed by atoms with E-state index in [1.807, 2.05) is 30.5 Å². The quantitative estimate of drug-likeness (QED) is 0.589. The third-order valence-electron chi connectivity index (χ3n) is 3.84. The van der Waals surface area contributed by atoms with E-state index in [2.05, 4.69) is 39.2 Å². The lowest BCUT2D eigenvalue weighted by atomic mass is 10.0. The minimum atomic E-state index is -0.602. The van der Waals surface area contributed by atoms with Gasteiger partial charge in [0, 0.05) is 17.1 Å². The Hall–Kier alpha value is -2.72. The van der Waals surface area contributed by atoms with Crippen LogP contribution in [0, 0.1) is 0 Å². The van der Waals surface area contributed by atoms with Crippen LogP contribution in [0.1, 0.15) is 18.9 Å². The van der Waals surface area contributed by atoms with Gasteiger partial charge in [0.1, 0.15) is 11.9 Å². The first-order valence-electron chi connectivity index (χ1n) is 7.24. The van der Waals surface area contributed by atoms with Gasteiger partial charge in [-0.1, -0.05) is 30.3 Å². The number of aliphatic hydroxyl groups excluding tert-OH is 1. The van der Waals surface area contributed by atoms with Crippen LogP contribution in [-0.2, 0) is 0 Å². The van der Waals surface area contributed by atoms with Crippen LogP contribution in [0.2, 0.25) is 0 Å². The van der Waals surface area contributed by atoms with Crippen LogP contribution >= 0.6 is 0 Å². The molecule has 2 heterocycles. The van der Waals surface area contributed by atoms with Gasteiger partial charge in [-0.3, -0.25) is 4.98 Å². The van der Waals surface area contributed by atoms with E-state index < -0.39 is 6.10 Å². The van der Waals surface area contributed by atoms with Crippen LogP contribution in [0.5, 0.6) is 0 Å². The van der Waals surface area contributed by atoms with Gasteiger partial charge in [0.2, 0.25) is 0 Å². The molecule has 1 atom stereocenters. The third kappa shape index (κ3) is 2.05. The molecule has 108 valence electrons. The summed E-state index contributed by atoms with van der Waals surface area (Å²) >= 11 is 0. The van der Waals surface area contributed by atoms with Gasteiger partial charge in [-0.2, -0.15) is 0 Å². The number of rotatable bonds is 2. The molecule has 2 aromatic heterocycles. The van der Waals surface area contributed by atoms with Crippen LogP contribution in [0.15, 0.2) is 54.7 Å². The van der Waals surface area contributed by atoms with Crippen molar-refractivity contribution in [2.75, 3.05) is 0 Å². The summed E-state index contributed by atoms with van der Waals surface area (Å²) in [6.45, 7) is 1.70. The molecule has 2 aromatic carbocycles. The predicted molar refractivity (Wildman–Crippen MR) is 87.5 cm³/mol. The summed E-state index contributed by atoms with van der Waals surface area (Å²) in [7, 11) is 0. The smallest absolute Gasteiger partial charge is 0.135 e. The second kappa shape index (κ2) is 4.93. The zero-order valence-corrected chi connectivity index (χ0v) is 12.1. The molecule has 0 radical (unpaired) electrons. The van der Waals surface area contributed by atoms with Crippen LogP contribution in [0.25, 0.3) is 33.1 Å². The first-order valence-corrected chi connectivity index (χ1v) is 7.24. The Balaban J connectivity index is 1.92. The summed E-state index contributed by atoms with van der Waals surface area (Å²) in [4.78, 5) is 12.1. The summed E-state index contributed by atoms with van der Waals surface area (Å²) in [5.74, 6) is 0.586. The first-order chi connectivity index (χ1) is 10.7. The van der Waals surface area contributed by atoms with Crippen molar-refractivity contribution in [3.8, 4) is 11.1 Å². The number of H-pyrrole nitrogens is 1. The molecular formula is C18H15N3O. The Morgan fingerprint density at radius 1 is 1.09 bits per heavy atom. The topological polar surface area (TPSA) is 61.8 Å². The van der Waals surface area contributed by atoms with Crippen LogP contribution < -0.4 is 0 Å². The Labute approximate surface area is 127 Å². The summed E-state index contributed by atoms with van der Waals surface area (Å²) < 4.78 is 0. The van der Waals surface area contributed by atoms with E-state index >= 15 is 0 Å². The van der Waals surface area contributed by atoms with Crippen molar-refractivity contribution in [1.29, 1.82) is 0 Å². The van der Waals surface area contributed by atoms with E-state index in [4.69, 9.17) is 0 Å². The zero-order chi connectivity index (χ0) is 15.1. The highest BCUT2D eigenvalue weighted by atomic mass is 16.3. The molecule has 0 bridgehead atoms. The predicted octanol–water partition coefficient (Wildman–Crippen LogP) is 3.83. The van der Waals surface area contributed by atoms with Gasteiger partial charge >= 0.3 is 0 Å². The van der Waals surface area contributed by atoms with Gasteiger partial charge in [0.05, 0.1) is 16.6 Å². The van der Waals surface area contributed by atoms with Crippen molar-refractivity contribution >= 4 is 21.9 Å². The molecule has 22 heavy (non-hydrogen) atoms. The maximum atomic E-state index is 9.65. The lowest BCUT2D eigenvalue weighted by Crippen LogP contribution is -1.92. The molecule has 2 N–H and O–H groups in total. The molecule has 0 aliphatic heterocycles. The Kier molecular flexibility index (Phi) is 2.91. The lowest BCUT2D eigenvalue weighted by Gasteiger charge is -2.05. The van der Waals surface area contributed by atoms with Crippen LogP contribution in [-0.4, -0.2) is 20.1 Å². The third-order valence-corrected chi connectivity index (χ3v) is 3.84. The fourth-order valence-electron chi connectivity index (χ4n) is 2.73. The minimum absolute atomic E-state index is 0.586. The molecule has 0 fully saturated rings. The molecular weight excluding hydrogens is 274 g/mol. The summed E-state index contributed by atoms with van der Waals surface area (Å²) in [5.41, 5.74) is 4.93. The van der Waals surface area contributed by atoms with Crippen molar-refractivity contribution in [2.45, 2.75) is 13.0 Å². The maximum Gasteiger partial charge on any atom is 0.135 e. The number of hydrogen-bond donors (Lipinski definition) is 2. The molecule has 0 unspecified atom stereocenters. The van der Waals surface area contributed by atoms with Crippen molar-refractivity contribution in [2.24, 2.45) is 0 Å². The van der Waals surface area contributed by atoms with Crippen molar-refractivity contribution < 1.29 is 5.11 Å². The SMILES string of the molecule is C[C@H](O)c1nc2ccc(-c3cccc4cccnc34)cc2[nH]1. The normalized spacial score (nSPS) is 12.8. The standard InChI is InChI=1S/C18H15N3O/c1-11(22)18-20-15-8-7-13(10-16(15)21-18)14-6-2-4-12-5-3-9-19-17(12)14/h2-11,22H,1H3,(H,20,21)/t11-/m0/s1. The molecule has 0 spiro atoms. The number of hydrogen-bond acceptors (Lipinski definition) is 3. The van der Waals surface area contributed by atoms with E-state index in [9.17, 15) is 5.11 Å². The van der Waals surface area contributed by atoms with E-state index in [-0.39, 0.29) is 0 Å². The van der Waals surface area contributed by atoms with Gasteiger partial charge in [-0.25, -0.2) is 4.98 Å². The van der Waals surface area contributed by atoms with Crippen LogP contribution in [0.4, 0.5) is 0 Å². The van der Waals surface area contributed by atoms with E-state index in [1.54, 1.807) is 6.92 Å². The van der Waals surface area contributed by atoms with Crippen molar-refractivity contribution in [1.82, 2.24) is 15.0 Å². The minimum Gasteiger partial charge on any atom is -0.385 e. The van der Waals surface area contributed by atoms with E-state index in [1.165, 1.54) is 0 Å². The van der Waals surface area contributed by atoms with Gasteiger partial charge in [-0.15, -0.1) is 0 Å². The number of aromatic nitrogens is 3. The molecule has 0 saturated heterocycles. The molecule has 0 amide bonds. The number of aromatic amines is 1. The fraction of sp³-hybridized carbons (Fsp3) is 0.111. The number of nitrogens with zero attached hydrogens (tertiary/aromatic N) is 2. The number of nitrogens with one attached hydrogen (secondary N) is 1. The number of imidazole rings is 1. The largest absolute Gasteiger partial charge is 0.385 e. The summed E-state index contributed by atoms with van der Waals surface area (Å²) in [5, 5.41) is 10.8. The average Bonchev–Trinajstić information content (AvgIpc) is 2.98. The number of para-hydroxylation sites is 1. The first kappa shape index (κ1) is 13.0. The molecule has 0 aliphatic carbocycles. The molecule has 4 heteroatoms. The summed E-state index contributed by atoms with van der Waals surface area (Å²) in [6, 6.07) is 16.2.